The second-order valence-electron chi connectivity index (χ2n) is 7.21. The highest BCUT2D eigenvalue weighted by Gasteiger charge is 2.38. The van der Waals surface area contributed by atoms with Crippen LogP contribution >= 0.6 is 0 Å². The number of hydrogen-bond acceptors (Lipinski definition) is 3. The van der Waals surface area contributed by atoms with Gasteiger partial charge in [-0.25, -0.2) is 0 Å². The minimum absolute atomic E-state index is 0.231. The molecule has 0 aromatic rings. The van der Waals surface area contributed by atoms with Gasteiger partial charge in [-0.3, -0.25) is 4.79 Å². The average molecular weight is 279 g/mol. The Morgan fingerprint density at radius 1 is 1.20 bits per heavy atom. The average Bonchev–Trinajstić information content (AvgIpc) is 2.66. The topological polar surface area (TPSA) is 44.4 Å². The molecule has 1 amide bonds. The maximum absolute atomic E-state index is 12.3. The van der Waals surface area contributed by atoms with E-state index in [0.29, 0.717) is 17.9 Å². The fourth-order valence-electron chi connectivity index (χ4n) is 4.45. The summed E-state index contributed by atoms with van der Waals surface area (Å²) in [7, 11) is 2.27. The number of piperidine rings is 2. The highest BCUT2D eigenvalue weighted by Crippen LogP contribution is 2.37. The van der Waals surface area contributed by atoms with Gasteiger partial charge in [0.25, 0.3) is 0 Å². The number of amides is 1. The summed E-state index contributed by atoms with van der Waals surface area (Å²) in [6, 6.07) is 2.03. The third-order valence-electron chi connectivity index (χ3n) is 5.76. The molecule has 0 aromatic heterocycles. The van der Waals surface area contributed by atoms with Crippen LogP contribution in [0.15, 0.2) is 0 Å². The Morgan fingerprint density at radius 2 is 1.90 bits per heavy atom. The van der Waals surface area contributed by atoms with E-state index in [1.165, 1.54) is 25.7 Å². The lowest BCUT2D eigenvalue weighted by Crippen LogP contribution is -2.46. The summed E-state index contributed by atoms with van der Waals surface area (Å²) >= 11 is 0. The van der Waals surface area contributed by atoms with Gasteiger partial charge < -0.3 is 15.5 Å². The van der Waals surface area contributed by atoms with Crippen molar-refractivity contribution >= 4 is 5.91 Å². The van der Waals surface area contributed by atoms with Crippen LogP contribution < -0.4 is 10.6 Å². The first-order valence-corrected chi connectivity index (χ1v) is 8.36. The van der Waals surface area contributed by atoms with E-state index < -0.39 is 0 Å². The third-order valence-corrected chi connectivity index (χ3v) is 5.76. The van der Waals surface area contributed by atoms with Crippen LogP contribution in [-0.2, 0) is 4.79 Å². The molecule has 3 fully saturated rings. The number of fused-ring (bicyclic) bond motifs is 2. The minimum Gasteiger partial charge on any atom is -0.356 e. The molecule has 2 bridgehead atoms. The molecule has 3 aliphatic rings. The number of hydrogen-bond donors (Lipinski definition) is 2. The van der Waals surface area contributed by atoms with E-state index in [0.717, 1.165) is 38.0 Å². The van der Waals surface area contributed by atoms with Crippen molar-refractivity contribution in [3.63, 3.8) is 0 Å². The van der Waals surface area contributed by atoms with E-state index in [9.17, 15) is 4.79 Å². The number of nitrogens with zero attached hydrogens (tertiary/aromatic N) is 1. The molecule has 3 rings (SSSR count). The van der Waals surface area contributed by atoms with Gasteiger partial charge in [0.1, 0.15) is 0 Å². The molecule has 3 saturated heterocycles. The van der Waals surface area contributed by atoms with Crippen molar-refractivity contribution in [1.29, 1.82) is 0 Å². The summed E-state index contributed by atoms with van der Waals surface area (Å²) in [5.74, 6) is 1.23. The zero-order valence-electron chi connectivity index (χ0n) is 12.9. The lowest BCUT2D eigenvalue weighted by atomic mass is 9.89. The highest BCUT2D eigenvalue weighted by atomic mass is 16.1. The molecule has 0 aromatic carbocycles. The van der Waals surface area contributed by atoms with Crippen LogP contribution in [0.3, 0.4) is 0 Å². The van der Waals surface area contributed by atoms with E-state index in [1.807, 2.05) is 0 Å². The molecular weight excluding hydrogens is 250 g/mol. The molecule has 0 aliphatic carbocycles. The molecule has 0 radical (unpaired) electrons. The van der Waals surface area contributed by atoms with E-state index in [4.69, 9.17) is 0 Å². The first kappa shape index (κ1) is 14.3. The van der Waals surface area contributed by atoms with Crippen molar-refractivity contribution in [2.75, 3.05) is 20.1 Å². The number of nitrogens with one attached hydrogen (secondary N) is 2. The van der Waals surface area contributed by atoms with Gasteiger partial charge in [0.2, 0.25) is 5.91 Å². The first-order chi connectivity index (χ1) is 9.63. The number of rotatable bonds is 3. The largest absolute Gasteiger partial charge is 0.356 e. The molecule has 0 spiro atoms. The summed E-state index contributed by atoms with van der Waals surface area (Å²) < 4.78 is 0. The van der Waals surface area contributed by atoms with Gasteiger partial charge in [-0.05, 0) is 65.0 Å². The van der Waals surface area contributed by atoms with Crippen molar-refractivity contribution < 1.29 is 4.79 Å². The van der Waals surface area contributed by atoms with Crippen LogP contribution in [0, 0.1) is 11.8 Å². The van der Waals surface area contributed by atoms with Crippen LogP contribution in [0.2, 0.25) is 0 Å². The fourth-order valence-corrected chi connectivity index (χ4v) is 4.45. The smallest absolute Gasteiger partial charge is 0.223 e. The summed E-state index contributed by atoms with van der Waals surface area (Å²) in [4.78, 5) is 14.8. The zero-order chi connectivity index (χ0) is 14.1. The monoisotopic (exact) mass is 279 g/mol. The quantitative estimate of drug-likeness (QED) is 0.820. The summed E-state index contributed by atoms with van der Waals surface area (Å²) in [6.07, 6.45) is 7.25. The van der Waals surface area contributed by atoms with Crippen LogP contribution in [0.25, 0.3) is 0 Å². The van der Waals surface area contributed by atoms with E-state index in [2.05, 4.69) is 29.5 Å². The Labute approximate surface area is 122 Å². The Balaban J connectivity index is 1.44. The second kappa shape index (κ2) is 6.02. The molecule has 114 valence electrons. The highest BCUT2D eigenvalue weighted by molar-refractivity contribution is 5.78. The molecule has 0 saturated carbocycles. The Morgan fingerprint density at radius 3 is 2.55 bits per heavy atom. The lowest BCUT2D eigenvalue weighted by Gasteiger charge is -2.36. The van der Waals surface area contributed by atoms with Crippen LogP contribution in [0.4, 0.5) is 0 Å². The van der Waals surface area contributed by atoms with Gasteiger partial charge in [-0.1, -0.05) is 0 Å². The van der Waals surface area contributed by atoms with E-state index in [1.54, 1.807) is 0 Å². The molecule has 4 nitrogen and oxygen atoms in total. The molecule has 4 unspecified atom stereocenters. The van der Waals surface area contributed by atoms with Gasteiger partial charge in [0.15, 0.2) is 0 Å². The third kappa shape index (κ3) is 3.01. The van der Waals surface area contributed by atoms with Crippen molar-refractivity contribution in [3.8, 4) is 0 Å². The Hall–Kier alpha value is -0.610. The van der Waals surface area contributed by atoms with Gasteiger partial charge in [-0.15, -0.1) is 0 Å². The molecule has 4 atom stereocenters. The predicted octanol–water partition coefficient (Wildman–Crippen LogP) is 1.36. The molecule has 20 heavy (non-hydrogen) atoms. The summed E-state index contributed by atoms with van der Waals surface area (Å²) in [5, 5.41) is 6.65. The zero-order valence-corrected chi connectivity index (χ0v) is 12.9. The Bertz CT molecular complexity index is 346. The fraction of sp³-hybridized carbons (Fsp3) is 0.938. The molecule has 3 heterocycles. The molecular formula is C16H29N3O. The maximum atomic E-state index is 12.3. The van der Waals surface area contributed by atoms with Gasteiger partial charge >= 0.3 is 0 Å². The van der Waals surface area contributed by atoms with Crippen molar-refractivity contribution in [2.45, 2.75) is 63.6 Å². The van der Waals surface area contributed by atoms with E-state index >= 15 is 0 Å². The van der Waals surface area contributed by atoms with Crippen LogP contribution in [0.5, 0.6) is 0 Å². The number of carbonyl (C=O) groups excluding carboxylic acids is 1. The van der Waals surface area contributed by atoms with Gasteiger partial charge in [0, 0.05) is 30.6 Å². The van der Waals surface area contributed by atoms with E-state index in [-0.39, 0.29) is 5.92 Å². The minimum atomic E-state index is 0.231. The molecule has 4 heteroatoms. The van der Waals surface area contributed by atoms with Gasteiger partial charge in [-0.2, -0.15) is 0 Å². The molecule has 2 N–H and O–H groups in total. The van der Waals surface area contributed by atoms with Crippen molar-refractivity contribution in [2.24, 2.45) is 11.8 Å². The maximum Gasteiger partial charge on any atom is 0.223 e. The summed E-state index contributed by atoms with van der Waals surface area (Å²) in [6.45, 7) is 4.06. The van der Waals surface area contributed by atoms with Crippen LogP contribution in [-0.4, -0.2) is 49.1 Å². The van der Waals surface area contributed by atoms with Crippen LogP contribution in [0.1, 0.15) is 45.4 Å². The van der Waals surface area contributed by atoms with Crippen molar-refractivity contribution in [3.05, 3.63) is 0 Å². The SMILES string of the molecule is CC1CC(C(=O)NCC2CC3CCC(C2)N3C)CCN1. The second-order valence-corrected chi connectivity index (χ2v) is 7.21. The Kier molecular flexibility index (Phi) is 4.32. The van der Waals surface area contributed by atoms with Crippen molar-refractivity contribution in [1.82, 2.24) is 15.5 Å². The normalized spacial score (nSPS) is 41.6. The van der Waals surface area contributed by atoms with Gasteiger partial charge in [0.05, 0.1) is 0 Å². The molecule has 3 aliphatic heterocycles. The standard InChI is InChI=1S/C16H29N3O/c1-11-7-13(5-6-17-11)16(20)18-10-12-8-14-3-4-15(9-12)19(14)2/h11-15,17H,3-10H2,1-2H3,(H,18,20). The number of carbonyl (C=O) groups is 1. The predicted molar refractivity (Wildman–Crippen MR) is 80.5 cm³/mol. The first-order valence-electron chi connectivity index (χ1n) is 8.36. The summed E-state index contributed by atoms with van der Waals surface area (Å²) in [5.41, 5.74) is 0. The lowest BCUT2D eigenvalue weighted by molar-refractivity contribution is -0.126.